The van der Waals surface area contributed by atoms with Gasteiger partial charge in [-0.1, -0.05) is 31.2 Å². The predicted octanol–water partition coefficient (Wildman–Crippen LogP) is 4.25. The maximum atomic E-state index is 12.3. The Morgan fingerprint density at radius 3 is 2.26 bits per heavy atom. The third-order valence-electron chi connectivity index (χ3n) is 3.04. The SMILES string of the molecule is CCc1ccc(C(=O)c2ccc(OC)c(Br)c2)cc1. The molecule has 0 saturated heterocycles. The lowest BCUT2D eigenvalue weighted by atomic mass is 10.0. The van der Waals surface area contributed by atoms with Crippen molar-refractivity contribution in [3.8, 4) is 5.75 Å². The van der Waals surface area contributed by atoms with Crippen LogP contribution in [-0.4, -0.2) is 12.9 Å². The van der Waals surface area contributed by atoms with E-state index in [0.29, 0.717) is 11.1 Å². The first-order chi connectivity index (χ1) is 9.15. The van der Waals surface area contributed by atoms with Gasteiger partial charge in [-0.3, -0.25) is 4.79 Å². The average Bonchev–Trinajstić information content (AvgIpc) is 2.46. The van der Waals surface area contributed by atoms with Gasteiger partial charge in [0.2, 0.25) is 0 Å². The van der Waals surface area contributed by atoms with E-state index in [1.54, 1.807) is 25.3 Å². The van der Waals surface area contributed by atoms with Crippen molar-refractivity contribution in [1.29, 1.82) is 0 Å². The minimum atomic E-state index is 0.0195. The van der Waals surface area contributed by atoms with E-state index in [-0.39, 0.29) is 5.78 Å². The van der Waals surface area contributed by atoms with Crippen LogP contribution in [0.15, 0.2) is 46.9 Å². The molecule has 0 spiro atoms. The summed E-state index contributed by atoms with van der Waals surface area (Å²) >= 11 is 3.39. The zero-order valence-corrected chi connectivity index (χ0v) is 12.5. The van der Waals surface area contributed by atoms with E-state index in [4.69, 9.17) is 4.74 Å². The Hall–Kier alpha value is -1.61. The molecule has 0 radical (unpaired) electrons. The lowest BCUT2D eigenvalue weighted by molar-refractivity contribution is 0.103. The second-order valence-electron chi connectivity index (χ2n) is 4.23. The number of benzene rings is 2. The minimum absolute atomic E-state index is 0.0195. The molecule has 0 N–H and O–H groups in total. The molecule has 2 nitrogen and oxygen atoms in total. The van der Waals surface area contributed by atoms with E-state index in [9.17, 15) is 4.79 Å². The number of carbonyl (C=O) groups excluding carboxylic acids is 1. The first-order valence-corrected chi connectivity index (χ1v) is 6.92. The number of ketones is 1. The standard InChI is InChI=1S/C16H15BrO2/c1-3-11-4-6-12(7-5-11)16(18)13-8-9-15(19-2)14(17)10-13/h4-10H,3H2,1-2H3. The molecule has 0 aliphatic carbocycles. The van der Waals surface area contributed by atoms with Crippen molar-refractivity contribution in [2.45, 2.75) is 13.3 Å². The lowest BCUT2D eigenvalue weighted by Gasteiger charge is -2.06. The van der Waals surface area contributed by atoms with Crippen LogP contribution in [0.5, 0.6) is 5.75 Å². The van der Waals surface area contributed by atoms with Gasteiger partial charge in [-0.2, -0.15) is 0 Å². The van der Waals surface area contributed by atoms with Crippen molar-refractivity contribution >= 4 is 21.7 Å². The summed E-state index contributed by atoms with van der Waals surface area (Å²) in [4.78, 5) is 12.3. The smallest absolute Gasteiger partial charge is 0.193 e. The summed E-state index contributed by atoms with van der Waals surface area (Å²) in [6, 6.07) is 13.1. The number of halogens is 1. The number of methoxy groups -OCH3 is 1. The fraction of sp³-hybridized carbons (Fsp3) is 0.188. The fourth-order valence-electron chi connectivity index (χ4n) is 1.87. The molecule has 19 heavy (non-hydrogen) atoms. The van der Waals surface area contributed by atoms with E-state index in [1.165, 1.54) is 5.56 Å². The van der Waals surface area contributed by atoms with Gasteiger partial charge in [0.25, 0.3) is 0 Å². The molecule has 2 aromatic rings. The maximum absolute atomic E-state index is 12.3. The normalized spacial score (nSPS) is 10.3. The van der Waals surface area contributed by atoms with Crippen molar-refractivity contribution in [1.82, 2.24) is 0 Å². The second-order valence-corrected chi connectivity index (χ2v) is 5.08. The molecule has 0 amide bonds. The predicted molar refractivity (Wildman–Crippen MR) is 79.9 cm³/mol. The number of carbonyl (C=O) groups is 1. The van der Waals surface area contributed by atoms with Gasteiger partial charge in [-0.15, -0.1) is 0 Å². The number of rotatable bonds is 4. The van der Waals surface area contributed by atoms with Crippen LogP contribution in [0.4, 0.5) is 0 Å². The molecule has 0 saturated carbocycles. The van der Waals surface area contributed by atoms with Crippen molar-refractivity contribution in [2.75, 3.05) is 7.11 Å². The first-order valence-electron chi connectivity index (χ1n) is 6.13. The summed E-state index contributed by atoms with van der Waals surface area (Å²) in [6.07, 6.45) is 0.975. The molecule has 0 bridgehead atoms. The molecule has 2 rings (SSSR count). The molecular weight excluding hydrogens is 304 g/mol. The van der Waals surface area contributed by atoms with Gasteiger partial charge in [0.1, 0.15) is 5.75 Å². The monoisotopic (exact) mass is 318 g/mol. The van der Waals surface area contributed by atoms with E-state index >= 15 is 0 Å². The van der Waals surface area contributed by atoms with Crippen LogP contribution in [0.25, 0.3) is 0 Å². The van der Waals surface area contributed by atoms with E-state index in [1.807, 2.05) is 24.3 Å². The summed E-state index contributed by atoms with van der Waals surface area (Å²) in [5.74, 6) is 0.740. The maximum Gasteiger partial charge on any atom is 0.193 e. The van der Waals surface area contributed by atoms with Crippen LogP contribution in [0.2, 0.25) is 0 Å². The van der Waals surface area contributed by atoms with Crippen LogP contribution in [-0.2, 0) is 6.42 Å². The van der Waals surface area contributed by atoms with Gasteiger partial charge in [0, 0.05) is 11.1 Å². The van der Waals surface area contributed by atoms with Gasteiger partial charge in [-0.05, 0) is 46.1 Å². The number of ether oxygens (including phenoxy) is 1. The van der Waals surface area contributed by atoms with Crippen LogP contribution in [0.1, 0.15) is 28.4 Å². The summed E-state index contributed by atoms with van der Waals surface area (Å²) in [7, 11) is 1.60. The average molecular weight is 319 g/mol. The summed E-state index contributed by atoms with van der Waals surface area (Å²) in [6.45, 7) is 2.09. The molecule has 0 heterocycles. The molecule has 0 aromatic heterocycles. The van der Waals surface area contributed by atoms with E-state index in [2.05, 4.69) is 22.9 Å². The highest BCUT2D eigenvalue weighted by molar-refractivity contribution is 9.10. The third kappa shape index (κ3) is 3.04. The third-order valence-corrected chi connectivity index (χ3v) is 3.66. The Balaban J connectivity index is 2.30. The zero-order valence-electron chi connectivity index (χ0n) is 10.9. The van der Waals surface area contributed by atoms with Gasteiger partial charge in [-0.25, -0.2) is 0 Å². The second kappa shape index (κ2) is 6.02. The van der Waals surface area contributed by atoms with Crippen LogP contribution >= 0.6 is 15.9 Å². The van der Waals surface area contributed by atoms with Crippen LogP contribution in [0, 0.1) is 0 Å². The fourth-order valence-corrected chi connectivity index (χ4v) is 2.41. The highest BCUT2D eigenvalue weighted by atomic mass is 79.9. The van der Waals surface area contributed by atoms with Crippen molar-refractivity contribution < 1.29 is 9.53 Å². The van der Waals surface area contributed by atoms with Gasteiger partial charge < -0.3 is 4.74 Å². The highest BCUT2D eigenvalue weighted by Crippen LogP contribution is 2.26. The number of hydrogen-bond donors (Lipinski definition) is 0. The summed E-state index contributed by atoms with van der Waals surface area (Å²) in [5, 5.41) is 0. The molecule has 0 atom stereocenters. The Labute approximate surface area is 121 Å². The topological polar surface area (TPSA) is 26.3 Å². The highest BCUT2D eigenvalue weighted by Gasteiger charge is 2.11. The quantitative estimate of drug-likeness (QED) is 0.788. The molecular formula is C16H15BrO2. The largest absolute Gasteiger partial charge is 0.496 e. The molecule has 0 aliphatic rings. The first kappa shape index (κ1) is 13.8. The Morgan fingerprint density at radius 1 is 1.11 bits per heavy atom. The molecule has 0 aliphatic heterocycles. The molecule has 3 heteroatoms. The van der Waals surface area contributed by atoms with Crippen LogP contribution in [0.3, 0.4) is 0 Å². The van der Waals surface area contributed by atoms with Gasteiger partial charge in [0.15, 0.2) is 5.78 Å². The van der Waals surface area contributed by atoms with Crippen molar-refractivity contribution in [2.24, 2.45) is 0 Å². The van der Waals surface area contributed by atoms with E-state index < -0.39 is 0 Å². The van der Waals surface area contributed by atoms with Gasteiger partial charge >= 0.3 is 0 Å². The Bertz CT molecular complexity index is 588. The molecule has 98 valence electrons. The van der Waals surface area contributed by atoms with Crippen LogP contribution < -0.4 is 4.74 Å². The molecule has 0 unspecified atom stereocenters. The minimum Gasteiger partial charge on any atom is -0.496 e. The Kier molecular flexibility index (Phi) is 4.38. The number of hydrogen-bond acceptors (Lipinski definition) is 2. The van der Waals surface area contributed by atoms with Gasteiger partial charge in [0.05, 0.1) is 11.6 Å². The zero-order chi connectivity index (χ0) is 13.8. The molecule has 2 aromatic carbocycles. The lowest BCUT2D eigenvalue weighted by Crippen LogP contribution is -2.01. The van der Waals surface area contributed by atoms with Crippen molar-refractivity contribution in [3.63, 3.8) is 0 Å². The summed E-state index contributed by atoms with van der Waals surface area (Å²) < 4.78 is 5.94. The number of aryl methyl sites for hydroxylation is 1. The summed E-state index contributed by atoms with van der Waals surface area (Å²) in [5.41, 5.74) is 2.58. The molecule has 0 fully saturated rings. The van der Waals surface area contributed by atoms with E-state index in [0.717, 1.165) is 16.6 Å². The Morgan fingerprint density at radius 2 is 1.74 bits per heavy atom. The van der Waals surface area contributed by atoms with Crippen molar-refractivity contribution in [3.05, 3.63) is 63.6 Å².